The number of halogens is 1. The van der Waals surface area contributed by atoms with Gasteiger partial charge in [-0.25, -0.2) is 4.98 Å². The average Bonchev–Trinajstić information content (AvgIpc) is 3.34. The number of benzene rings is 2. The van der Waals surface area contributed by atoms with Crippen molar-refractivity contribution in [1.29, 1.82) is 0 Å². The number of hydrogen-bond donors (Lipinski definition) is 3. The monoisotopic (exact) mass is 420 g/mol. The predicted octanol–water partition coefficient (Wildman–Crippen LogP) is 5.89. The summed E-state index contributed by atoms with van der Waals surface area (Å²) >= 11 is 7.78. The van der Waals surface area contributed by atoms with Crippen molar-refractivity contribution in [2.24, 2.45) is 0 Å². The maximum Gasteiger partial charge on any atom is 0.225 e. The van der Waals surface area contributed by atoms with E-state index in [4.69, 9.17) is 16.6 Å². The zero-order valence-corrected chi connectivity index (χ0v) is 17.1. The van der Waals surface area contributed by atoms with Crippen LogP contribution in [0.15, 0.2) is 54.0 Å². The van der Waals surface area contributed by atoms with E-state index in [-0.39, 0.29) is 0 Å². The molecule has 0 aliphatic heterocycles. The number of thiophene rings is 1. The molecular formula is C21H17ClN6S. The van der Waals surface area contributed by atoms with Crippen LogP contribution < -0.4 is 10.6 Å². The minimum Gasteiger partial charge on any atom is -0.350 e. The van der Waals surface area contributed by atoms with Crippen molar-refractivity contribution in [3.05, 3.63) is 70.2 Å². The van der Waals surface area contributed by atoms with E-state index >= 15 is 0 Å². The van der Waals surface area contributed by atoms with E-state index < -0.39 is 0 Å². The summed E-state index contributed by atoms with van der Waals surface area (Å²) in [5.41, 5.74) is 5.06. The Labute approximate surface area is 176 Å². The number of anilines is 3. The first kappa shape index (κ1) is 17.9. The first-order chi connectivity index (χ1) is 14.1. The Morgan fingerprint density at radius 3 is 2.93 bits per heavy atom. The van der Waals surface area contributed by atoms with Crippen molar-refractivity contribution in [3.8, 4) is 0 Å². The van der Waals surface area contributed by atoms with Crippen LogP contribution in [0.4, 0.5) is 17.5 Å². The van der Waals surface area contributed by atoms with Crippen molar-refractivity contribution in [1.82, 2.24) is 20.2 Å². The Morgan fingerprint density at radius 2 is 2.03 bits per heavy atom. The topological polar surface area (TPSA) is 78.5 Å². The lowest BCUT2D eigenvalue weighted by molar-refractivity contribution is 1.07. The summed E-state index contributed by atoms with van der Waals surface area (Å²) in [6.07, 6.45) is 1.81. The van der Waals surface area contributed by atoms with Crippen LogP contribution in [0, 0.1) is 6.92 Å². The Kier molecular flexibility index (Phi) is 4.54. The van der Waals surface area contributed by atoms with E-state index in [0.29, 0.717) is 12.5 Å². The Balaban J connectivity index is 1.44. The molecular weight excluding hydrogens is 404 g/mol. The zero-order valence-electron chi connectivity index (χ0n) is 15.5. The Hall–Kier alpha value is -3.16. The van der Waals surface area contributed by atoms with Gasteiger partial charge >= 0.3 is 0 Å². The first-order valence-electron chi connectivity index (χ1n) is 9.09. The standard InChI is InChI=1S/C21H17ClN6S/c1-12-6-13(8-15(22)7-12)10-23-21-26-18-4-5-29-19(18)20(27-21)25-16-2-3-17-14(9-16)11-24-28-17/h2-9,11H,10H2,1H3,(H,24,28)(H2,23,25,26,27). The molecule has 0 bridgehead atoms. The van der Waals surface area contributed by atoms with Crippen molar-refractivity contribution < 1.29 is 0 Å². The van der Waals surface area contributed by atoms with Gasteiger partial charge in [-0.3, -0.25) is 5.10 Å². The highest BCUT2D eigenvalue weighted by Crippen LogP contribution is 2.30. The largest absolute Gasteiger partial charge is 0.350 e. The molecule has 0 saturated carbocycles. The molecule has 8 heteroatoms. The molecule has 6 nitrogen and oxygen atoms in total. The molecule has 29 heavy (non-hydrogen) atoms. The number of aromatic nitrogens is 4. The van der Waals surface area contributed by atoms with Crippen LogP contribution in [0.1, 0.15) is 11.1 Å². The summed E-state index contributed by atoms with van der Waals surface area (Å²) in [6.45, 7) is 2.62. The van der Waals surface area contributed by atoms with Crippen LogP contribution in [0.25, 0.3) is 21.1 Å². The molecule has 0 saturated heterocycles. The molecule has 5 rings (SSSR count). The highest BCUT2D eigenvalue weighted by molar-refractivity contribution is 7.17. The van der Waals surface area contributed by atoms with Gasteiger partial charge in [0.15, 0.2) is 5.82 Å². The summed E-state index contributed by atoms with van der Waals surface area (Å²) < 4.78 is 1.02. The number of hydrogen-bond acceptors (Lipinski definition) is 6. The van der Waals surface area contributed by atoms with E-state index in [1.54, 1.807) is 17.5 Å². The third-order valence-corrected chi connectivity index (χ3v) is 5.69. The number of rotatable bonds is 5. The highest BCUT2D eigenvalue weighted by Gasteiger charge is 2.10. The van der Waals surface area contributed by atoms with E-state index in [1.807, 2.05) is 48.7 Å². The van der Waals surface area contributed by atoms with E-state index in [1.165, 1.54) is 0 Å². The number of nitrogens with zero attached hydrogens (tertiary/aromatic N) is 3. The van der Waals surface area contributed by atoms with Gasteiger partial charge in [0.05, 0.1) is 21.9 Å². The van der Waals surface area contributed by atoms with Crippen molar-refractivity contribution in [3.63, 3.8) is 0 Å². The van der Waals surface area contributed by atoms with Gasteiger partial charge in [-0.15, -0.1) is 11.3 Å². The number of aryl methyl sites for hydroxylation is 1. The fourth-order valence-electron chi connectivity index (χ4n) is 3.28. The SMILES string of the molecule is Cc1cc(Cl)cc(CNc2nc(Nc3ccc4[nH]ncc4c3)c3sccc3n2)c1. The summed E-state index contributed by atoms with van der Waals surface area (Å²) in [5, 5.41) is 17.6. The van der Waals surface area contributed by atoms with Gasteiger partial charge in [0, 0.05) is 22.6 Å². The summed E-state index contributed by atoms with van der Waals surface area (Å²) in [6, 6.07) is 14.0. The molecule has 0 unspecified atom stereocenters. The number of aromatic amines is 1. The zero-order chi connectivity index (χ0) is 19.8. The first-order valence-corrected chi connectivity index (χ1v) is 10.4. The van der Waals surface area contributed by atoms with Gasteiger partial charge in [-0.05, 0) is 59.8 Å². The Morgan fingerprint density at radius 1 is 1.10 bits per heavy atom. The normalized spacial score (nSPS) is 11.2. The minimum absolute atomic E-state index is 0.570. The van der Waals surface area contributed by atoms with Gasteiger partial charge in [0.1, 0.15) is 0 Å². The summed E-state index contributed by atoms with van der Waals surface area (Å²) in [5.74, 6) is 1.35. The Bertz CT molecular complexity index is 1310. The lowest BCUT2D eigenvalue weighted by Gasteiger charge is -2.11. The minimum atomic E-state index is 0.570. The quantitative estimate of drug-likeness (QED) is 0.330. The fourth-order valence-corrected chi connectivity index (χ4v) is 4.37. The average molecular weight is 421 g/mol. The number of H-pyrrole nitrogens is 1. The van der Waals surface area contributed by atoms with Crippen molar-refractivity contribution in [2.45, 2.75) is 13.5 Å². The van der Waals surface area contributed by atoms with Crippen LogP contribution in [-0.4, -0.2) is 20.2 Å². The third-order valence-electron chi connectivity index (χ3n) is 4.56. The lowest BCUT2D eigenvalue weighted by Crippen LogP contribution is -2.05. The molecule has 0 radical (unpaired) electrons. The van der Waals surface area contributed by atoms with Crippen molar-refractivity contribution in [2.75, 3.05) is 10.6 Å². The molecule has 0 atom stereocenters. The summed E-state index contributed by atoms with van der Waals surface area (Å²) in [7, 11) is 0. The van der Waals surface area contributed by atoms with Crippen LogP contribution in [0.3, 0.4) is 0 Å². The molecule has 2 aromatic carbocycles. The second kappa shape index (κ2) is 7.35. The fraction of sp³-hybridized carbons (Fsp3) is 0.0952. The maximum absolute atomic E-state index is 6.17. The molecule has 0 amide bonds. The predicted molar refractivity (Wildman–Crippen MR) is 120 cm³/mol. The van der Waals surface area contributed by atoms with Gasteiger partial charge in [0.2, 0.25) is 5.95 Å². The molecule has 0 aliphatic carbocycles. The van der Waals surface area contributed by atoms with E-state index in [9.17, 15) is 0 Å². The van der Waals surface area contributed by atoms with E-state index in [0.717, 1.165) is 48.8 Å². The highest BCUT2D eigenvalue weighted by atomic mass is 35.5. The molecule has 144 valence electrons. The molecule has 3 aromatic heterocycles. The van der Waals surface area contributed by atoms with Crippen LogP contribution >= 0.6 is 22.9 Å². The number of nitrogens with one attached hydrogen (secondary N) is 3. The smallest absolute Gasteiger partial charge is 0.225 e. The molecule has 0 aliphatic rings. The van der Waals surface area contributed by atoms with E-state index in [2.05, 4.69) is 31.9 Å². The second-order valence-electron chi connectivity index (χ2n) is 6.82. The number of fused-ring (bicyclic) bond motifs is 2. The molecule has 5 aromatic rings. The lowest BCUT2D eigenvalue weighted by atomic mass is 10.1. The van der Waals surface area contributed by atoms with Crippen LogP contribution in [0.5, 0.6) is 0 Å². The third kappa shape index (κ3) is 3.74. The van der Waals surface area contributed by atoms with Gasteiger partial charge in [-0.1, -0.05) is 17.7 Å². The van der Waals surface area contributed by atoms with Gasteiger partial charge < -0.3 is 10.6 Å². The summed E-state index contributed by atoms with van der Waals surface area (Å²) in [4.78, 5) is 9.36. The van der Waals surface area contributed by atoms with Crippen LogP contribution in [0.2, 0.25) is 5.02 Å². The van der Waals surface area contributed by atoms with Gasteiger partial charge in [-0.2, -0.15) is 10.1 Å². The molecule has 3 heterocycles. The van der Waals surface area contributed by atoms with Crippen LogP contribution in [-0.2, 0) is 6.54 Å². The molecule has 3 N–H and O–H groups in total. The van der Waals surface area contributed by atoms with Gasteiger partial charge in [0.25, 0.3) is 0 Å². The molecule has 0 spiro atoms. The second-order valence-corrected chi connectivity index (χ2v) is 8.17. The maximum atomic E-state index is 6.17. The van der Waals surface area contributed by atoms with Crippen molar-refractivity contribution >= 4 is 61.5 Å². The molecule has 0 fully saturated rings.